The summed E-state index contributed by atoms with van der Waals surface area (Å²) < 4.78 is 0. The van der Waals surface area contributed by atoms with E-state index in [0.29, 0.717) is 21.3 Å². The Bertz CT molecular complexity index is 928. The highest BCUT2D eigenvalue weighted by molar-refractivity contribution is 8.00. The molecule has 1 aliphatic heterocycles. The van der Waals surface area contributed by atoms with E-state index in [1.807, 2.05) is 0 Å². The van der Waals surface area contributed by atoms with E-state index in [1.54, 1.807) is 24.3 Å². The maximum absolute atomic E-state index is 12.3. The van der Waals surface area contributed by atoms with Crippen LogP contribution in [0.3, 0.4) is 0 Å². The van der Waals surface area contributed by atoms with Crippen LogP contribution in [0.1, 0.15) is 10.9 Å². The minimum absolute atomic E-state index is 0.105. The van der Waals surface area contributed by atoms with Crippen LogP contribution in [-0.2, 0) is 4.79 Å². The molecule has 0 bridgehead atoms. The van der Waals surface area contributed by atoms with Crippen molar-refractivity contribution in [3.63, 3.8) is 0 Å². The molecule has 0 aromatic heterocycles. The van der Waals surface area contributed by atoms with E-state index < -0.39 is 10.3 Å². The topological polar surface area (TPSA) is 87.5 Å². The molecule has 11 heteroatoms. The SMILES string of the molecule is O=C1CS[C@@H](c2cc([N+](=O)[O-])ccc2Cl)N1NC(=S)Nc1ccccc1Cl. The number of para-hydroxylation sites is 1. The van der Waals surface area contributed by atoms with Crippen LogP contribution in [0.4, 0.5) is 11.4 Å². The van der Waals surface area contributed by atoms with Gasteiger partial charge in [0.05, 0.1) is 21.4 Å². The first-order chi connectivity index (χ1) is 12.9. The summed E-state index contributed by atoms with van der Waals surface area (Å²) in [6.07, 6.45) is 0. The molecule has 1 fully saturated rings. The number of halogens is 2. The molecule has 1 heterocycles. The number of hydrazine groups is 1. The number of non-ortho nitro benzene ring substituents is 1. The second-order valence-corrected chi connectivity index (χ2v) is 7.73. The minimum atomic E-state index is -0.559. The number of carbonyl (C=O) groups excluding carboxylic acids is 1. The van der Waals surface area contributed by atoms with Crippen molar-refractivity contribution in [2.75, 3.05) is 11.1 Å². The maximum Gasteiger partial charge on any atom is 0.269 e. The van der Waals surface area contributed by atoms with E-state index in [9.17, 15) is 14.9 Å². The first-order valence-electron chi connectivity index (χ1n) is 7.56. The van der Waals surface area contributed by atoms with Crippen LogP contribution in [0.5, 0.6) is 0 Å². The highest BCUT2D eigenvalue weighted by Crippen LogP contribution is 2.41. The number of nitrogens with one attached hydrogen (secondary N) is 2. The number of thioether (sulfide) groups is 1. The van der Waals surface area contributed by atoms with Gasteiger partial charge in [-0.25, -0.2) is 5.01 Å². The monoisotopic (exact) mass is 442 g/mol. The second-order valence-electron chi connectivity index (χ2n) is 5.44. The highest BCUT2D eigenvalue weighted by Gasteiger charge is 2.35. The minimum Gasteiger partial charge on any atom is -0.330 e. The standard InChI is InChI=1S/C16H12Cl2N4O3S2/c17-11-6-5-9(22(24)25)7-10(11)15-21(14(23)8-27-15)20-16(26)19-13-4-2-1-3-12(13)18/h1-7,15H,8H2,(H2,19,20,26)/t15-/m0/s1. The molecule has 3 rings (SSSR count). The second kappa shape index (κ2) is 8.30. The summed E-state index contributed by atoms with van der Waals surface area (Å²) in [7, 11) is 0. The third kappa shape index (κ3) is 4.44. The van der Waals surface area contributed by atoms with Crippen molar-refractivity contribution < 1.29 is 9.72 Å². The largest absolute Gasteiger partial charge is 0.330 e. The Morgan fingerprint density at radius 2 is 2.00 bits per heavy atom. The Morgan fingerprint density at radius 1 is 1.26 bits per heavy atom. The Kier molecular flexibility index (Phi) is 6.05. The summed E-state index contributed by atoms with van der Waals surface area (Å²) in [5.41, 5.74) is 3.76. The van der Waals surface area contributed by atoms with Crippen LogP contribution >= 0.6 is 47.2 Å². The molecule has 1 saturated heterocycles. The van der Waals surface area contributed by atoms with Gasteiger partial charge in [-0.05, 0) is 30.4 Å². The smallest absolute Gasteiger partial charge is 0.269 e. The van der Waals surface area contributed by atoms with Crippen molar-refractivity contribution in [1.82, 2.24) is 10.4 Å². The fraction of sp³-hybridized carbons (Fsp3) is 0.125. The number of thiocarbonyl (C=S) groups is 1. The van der Waals surface area contributed by atoms with Crippen LogP contribution in [0.25, 0.3) is 0 Å². The van der Waals surface area contributed by atoms with Gasteiger partial charge in [0.2, 0.25) is 0 Å². The van der Waals surface area contributed by atoms with Crippen molar-refractivity contribution in [2.24, 2.45) is 0 Å². The van der Waals surface area contributed by atoms with Crippen LogP contribution < -0.4 is 10.7 Å². The van der Waals surface area contributed by atoms with Gasteiger partial charge in [-0.15, -0.1) is 11.8 Å². The average Bonchev–Trinajstić information content (AvgIpc) is 2.97. The fourth-order valence-corrected chi connectivity index (χ4v) is 4.24. The normalized spacial score (nSPS) is 16.3. The van der Waals surface area contributed by atoms with Gasteiger partial charge in [0.15, 0.2) is 5.11 Å². The molecule has 0 radical (unpaired) electrons. The van der Waals surface area contributed by atoms with E-state index >= 15 is 0 Å². The number of benzene rings is 2. The first-order valence-corrected chi connectivity index (χ1v) is 9.78. The fourth-order valence-electron chi connectivity index (χ4n) is 2.43. The van der Waals surface area contributed by atoms with Crippen LogP contribution in [-0.4, -0.2) is 26.7 Å². The molecule has 0 saturated carbocycles. The van der Waals surface area contributed by atoms with Crippen molar-refractivity contribution in [3.8, 4) is 0 Å². The third-order valence-electron chi connectivity index (χ3n) is 3.67. The molecular formula is C16H12Cl2N4O3S2. The number of rotatable bonds is 4. The number of nitro benzene ring substituents is 1. The maximum atomic E-state index is 12.3. The molecule has 1 aliphatic rings. The predicted molar refractivity (Wildman–Crippen MR) is 111 cm³/mol. The van der Waals surface area contributed by atoms with Gasteiger partial charge in [0.1, 0.15) is 5.37 Å². The van der Waals surface area contributed by atoms with Crippen molar-refractivity contribution >= 4 is 69.6 Å². The molecule has 1 amide bonds. The van der Waals surface area contributed by atoms with Gasteiger partial charge >= 0.3 is 0 Å². The van der Waals surface area contributed by atoms with E-state index in [1.165, 1.54) is 35.0 Å². The lowest BCUT2D eigenvalue weighted by Crippen LogP contribution is -2.46. The first kappa shape index (κ1) is 19.7. The van der Waals surface area contributed by atoms with Crippen molar-refractivity contribution in [1.29, 1.82) is 0 Å². The molecule has 7 nitrogen and oxygen atoms in total. The average molecular weight is 443 g/mol. The summed E-state index contributed by atoms with van der Waals surface area (Å²) in [4.78, 5) is 22.8. The van der Waals surface area contributed by atoms with Crippen molar-refractivity contribution in [3.05, 3.63) is 68.2 Å². The summed E-state index contributed by atoms with van der Waals surface area (Å²) in [5, 5.41) is 15.7. The number of nitro groups is 1. The number of anilines is 1. The number of carbonyl (C=O) groups is 1. The molecule has 2 N–H and O–H groups in total. The number of hydrogen-bond donors (Lipinski definition) is 2. The molecule has 2 aromatic rings. The van der Waals surface area contributed by atoms with E-state index in [0.717, 1.165) is 0 Å². The number of hydrogen-bond acceptors (Lipinski definition) is 5. The van der Waals surface area contributed by atoms with Crippen LogP contribution in [0, 0.1) is 10.1 Å². The predicted octanol–water partition coefficient (Wildman–Crippen LogP) is 4.38. The molecule has 0 spiro atoms. The lowest BCUT2D eigenvalue weighted by molar-refractivity contribution is -0.384. The lowest BCUT2D eigenvalue weighted by Gasteiger charge is -2.26. The zero-order valence-electron chi connectivity index (χ0n) is 13.5. The van der Waals surface area contributed by atoms with Crippen LogP contribution in [0.2, 0.25) is 10.0 Å². The Labute approximate surface area is 174 Å². The molecular weight excluding hydrogens is 431 g/mol. The molecule has 140 valence electrons. The number of nitrogens with zero attached hydrogens (tertiary/aromatic N) is 2. The number of amides is 1. The lowest BCUT2D eigenvalue weighted by atomic mass is 10.2. The summed E-state index contributed by atoms with van der Waals surface area (Å²) in [5.74, 6) is -0.0401. The molecule has 2 aromatic carbocycles. The van der Waals surface area contributed by atoms with Gasteiger partial charge in [0.25, 0.3) is 11.6 Å². The Hall–Kier alpha value is -2.07. The molecule has 1 atom stereocenters. The molecule has 0 unspecified atom stereocenters. The van der Waals surface area contributed by atoms with Crippen LogP contribution in [0.15, 0.2) is 42.5 Å². The zero-order chi connectivity index (χ0) is 19.6. The van der Waals surface area contributed by atoms with Gasteiger partial charge in [-0.1, -0.05) is 35.3 Å². The summed E-state index contributed by atoms with van der Waals surface area (Å²) in [6, 6.07) is 11.1. The molecule has 27 heavy (non-hydrogen) atoms. The molecule has 0 aliphatic carbocycles. The van der Waals surface area contributed by atoms with E-state index in [2.05, 4.69) is 10.7 Å². The summed E-state index contributed by atoms with van der Waals surface area (Å²) in [6.45, 7) is 0. The zero-order valence-corrected chi connectivity index (χ0v) is 16.7. The van der Waals surface area contributed by atoms with Gasteiger partial charge in [-0.2, -0.15) is 0 Å². The van der Waals surface area contributed by atoms with E-state index in [-0.39, 0.29) is 22.5 Å². The van der Waals surface area contributed by atoms with Crippen molar-refractivity contribution in [2.45, 2.75) is 5.37 Å². The summed E-state index contributed by atoms with van der Waals surface area (Å²) >= 11 is 18.9. The van der Waals surface area contributed by atoms with Gasteiger partial charge < -0.3 is 5.32 Å². The van der Waals surface area contributed by atoms with Gasteiger partial charge in [-0.3, -0.25) is 20.3 Å². The highest BCUT2D eigenvalue weighted by atomic mass is 35.5. The van der Waals surface area contributed by atoms with Gasteiger partial charge in [0, 0.05) is 22.7 Å². The Balaban J connectivity index is 1.81. The quantitative estimate of drug-likeness (QED) is 0.412. The Morgan fingerprint density at radius 3 is 2.70 bits per heavy atom. The third-order valence-corrected chi connectivity index (χ3v) is 5.73. The van der Waals surface area contributed by atoms with E-state index in [4.69, 9.17) is 35.4 Å².